The Hall–Kier alpha value is -0.880. The van der Waals surface area contributed by atoms with Crippen molar-refractivity contribution >= 4 is 39.3 Å². The van der Waals surface area contributed by atoms with Crippen LogP contribution in [0.3, 0.4) is 0 Å². The van der Waals surface area contributed by atoms with E-state index >= 15 is 0 Å². The molecule has 0 bridgehead atoms. The molecule has 3 nitrogen and oxygen atoms in total. The smallest absolute Gasteiger partial charge is 0.131 e. The van der Waals surface area contributed by atoms with E-state index < -0.39 is 0 Å². The van der Waals surface area contributed by atoms with Gasteiger partial charge in [-0.3, -0.25) is 4.79 Å². The number of carbonyl (C=O) groups is 1. The Labute approximate surface area is 127 Å². The van der Waals surface area contributed by atoms with Gasteiger partial charge in [-0.25, -0.2) is 0 Å². The van der Waals surface area contributed by atoms with E-state index in [1.165, 1.54) is 20.2 Å². The summed E-state index contributed by atoms with van der Waals surface area (Å²) in [6.07, 6.45) is 0.623. The fourth-order valence-corrected chi connectivity index (χ4v) is 3.01. The summed E-state index contributed by atoms with van der Waals surface area (Å²) in [7, 11) is 4.17. The molecule has 0 saturated heterocycles. The normalized spacial score (nSPS) is 11.4. The first kappa shape index (κ1) is 14.5. The van der Waals surface area contributed by atoms with Gasteiger partial charge in [0.15, 0.2) is 0 Å². The Morgan fingerprint density at radius 2 is 2.05 bits per heavy atom. The number of carbonyl (C=O) groups excluding carboxylic acids is 1. The number of nitrogens with zero attached hydrogens (tertiary/aromatic N) is 2. The molecule has 2 rings (SSSR count). The first-order valence-electron chi connectivity index (χ1n) is 6.40. The molecule has 102 valence electrons. The van der Waals surface area contributed by atoms with E-state index in [1.54, 1.807) is 6.92 Å². The predicted molar refractivity (Wildman–Crippen MR) is 87.3 cm³/mol. The van der Waals surface area contributed by atoms with Crippen LogP contribution in [0.25, 0.3) is 10.9 Å². The third-order valence-electron chi connectivity index (χ3n) is 3.41. The lowest BCUT2D eigenvalue weighted by Gasteiger charge is -2.15. The highest BCUT2D eigenvalue weighted by atomic mass is 127. The summed E-state index contributed by atoms with van der Waals surface area (Å²) in [5, 5.41) is 1.31. The molecule has 1 heterocycles. The monoisotopic (exact) mass is 370 g/mol. The summed E-state index contributed by atoms with van der Waals surface area (Å²) >= 11 is 2.40. The van der Waals surface area contributed by atoms with Gasteiger partial charge in [-0.2, -0.15) is 0 Å². The third-order valence-corrected chi connectivity index (χ3v) is 4.78. The standard InChI is InChI=1S/C15H19IN2O/c1-11(19)8-9-17(2)10-13-12-6-4-5-7-14(12)18(3)15(13)16/h4-7H,8-10H2,1-3H3. The average Bonchev–Trinajstić information content (AvgIpc) is 2.62. The van der Waals surface area contributed by atoms with Crippen LogP contribution in [-0.2, 0) is 18.4 Å². The predicted octanol–water partition coefficient (Wildman–Crippen LogP) is 3.19. The van der Waals surface area contributed by atoms with E-state index in [1.807, 2.05) is 0 Å². The van der Waals surface area contributed by atoms with Gasteiger partial charge < -0.3 is 9.47 Å². The zero-order valence-electron chi connectivity index (χ0n) is 11.6. The molecule has 0 unspecified atom stereocenters. The van der Waals surface area contributed by atoms with Crippen LogP contribution in [0.5, 0.6) is 0 Å². The van der Waals surface area contributed by atoms with Crippen LogP contribution in [-0.4, -0.2) is 28.8 Å². The lowest BCUT2D eigenvalue weighted by atomic mass is 10.1. The van der Waals surface area contributed by atoms with E-state index in [-0.39, 0.29) is 5.78 Å². The molecule has 1 aromatic heterocycles. The second-order valence-electron chi connectivity index (χ2n) is 5.04. The molecule has 0 amide bonds. The Balaban J connectivity index is 2.25. The zero-order chi connectivity index (χ0) is 14.0. The molecule has 1 aromatic carbocycles. The summed E-state index contributed by atoms with van der Waals surface area (Å²) in [4.78, 5) is 13.3. The summed E-state index contributed by atoms with van der Waals surface area (Å²) in [6.45, 7) is 3.34. The van der Waals surface area contributed by atoms with Crippen LogP contribution < -0.4 is 0 Å². The van der Waals surface area contributed by atoms with Crippen molar-refractivity contribution in [2.45, 2.75) is 19.9 Å². The van der Waals surface area contributed by atoms with Crippen LogP contribution in [0.4, 0.5) is 0 Å². The molecule has 0 spiro atoms. The first-order valence-corrected chi connectivity index (χ1v) is 7.48. The van der Waals surface area contributed by atoms with Gasteiger partial charge in [-0.15, -0.1) is 0 Å². The van der Waals surface area contributed by atoms with Gasteiger partial charge in [0.25, 0.3) is 0 Å². The number of hydrogen-bond donors (Lipinski definition) is 0. The lowest BCUT2D eigenvalue weighted by molar-refractivity contribution is -0.117. The molecule has 0 radical (unpaired) electrons. The first-order chi connectivity index (χ1) is 9.00. The quantitative estimate of drug-likeness (QED) is 0.756. The summed E-state index contributed by atoms with van der Waals surface area (Å²) in [5.41, 5.74) is 2.62. The highest BCUT2D eigenvalue weighted by Crippen LogP contribution is 2.27. The van der Waals surface area contributed by atoms with Crippen molar-refractivity contribution in [2.75, 3.05) is 13.6 Å². The summed E-state index contributed by atoms with van der Waals surface area (Å²) in [5.74, 6) is 0.250. The van der Waals surface area contributed by atoms with E-state index in [4.69, 9.17) is 0 Å². The van der Waals surface area contributed by atoms with Crippen LogP contribution in [0, 0.1) is 3.70 Å². The maximum atomic E-state index is 11.1. The molecule has 4 heteroatoms. The van der Waals surface area contributed by atoms with Gasteiger partial charge in [-0.1, -0.05) is 18.2 Å². The molecule has 2 aromatic rings. The van der Waals surface area contributed by atoms with Gasteiger partial charge in [0.05, 0.1) is 3.70 Å². The molecular weight excluding hydrogens is 351 g/mol. The number of ketones is 1. The minimum atomic E-state index is 0.250. The fraction of sp³-hybridized carbons (Fsp3) is 0.400. The minimum Gasteiger partial charge on any atom is -0.339 e. The lowest BCUT2D eigenvalue weighted by Crippen LogP contribution is -2.21. The van der Waals surface area contributed by atoms with Crippen molar-refractivity contribution in [2.24, 2.45) is 7.05 Å². The fourth-order valence-electron chi connectivity index (χ4n) is 2.29. The van der Waals surface area contributed by atoms with E-state index in [0.29, 0.717) is 6.42 Å². The maximum Gasteiger partial charge on any atom is 0.131 e. The second-order valence-corrected chi connectivity index (χ2v) is 6.06. The van der Waals surface area contributed by atoms with Crippen molar-refractivity contribution in [3.63, 3.8) is 0 Å². The number of halogens is 1. The van der Waals surface area contributed by atoms with Crippen molar-refractivity contribution in [3.8, 4) is 0 Å². The SMILES string of the molecule is CC(=O)CCN(C)Cc1c(I)n(C)c2ccccc12. The molecule has 19 heavy (non-hydrogen) atoms. The highest BCUT2D eigenvalue weighted by Gasteiger charge is 2.14. The van der Waals surface area contributed by atoms with E-state index in [0.717, 1.165) is 13.1 Å². The molecule has 0 aliphatic heterocycles. The van der Waals surface area contributed by atoms with Crippen molar-refractivity contribution in [1.82, 2.24) is 9.47 Å². The van der Waals surface area contributed by atoms with E-state index in [9.17, 15) is 4.79 Å². The van der Waals surface area contributed by atoms with Crippen LogP contribution in [0.2, 0.25) is 0 Å². The number of benzene rings is 1. The van der Waals surface area contributed by atoms with Gasteiger partial charge in [0.1, 0.15) is 5.78 Å². The molecule has 0 N–H and O–H groups in total. The summed E-state index contributed by atoms with van der Waals surface area (Å²) in [6, 6.07) is 8.47. The minimum absolute atomic E-state index is 0.250. The van der Waals surface area contributed by atoms with Gasteiger partial charge in [-0.05, 0) is 42.6 Å². The number of Topliss-reactive ketones (excluding diaryl/α,β-unsaturated/α-hetero) is 1. The Kier molecular flexibility index (Phi) is 4.62. The largest absolute Gasteiger partial charge is 0.339 e. The van der Waals surface area contributed by atoms with Gasteiger partial charge >= 0.3 is 0 Å². The maximum absolute atomic E-state index is 11.1. The Morgan fingerprint density at radius 3 is 2.74 bits per heavy atom. The zero-order valence-corrected chi connectivity index (χ0v) is 13.8. The van der Waals surface area contributed by atoms with Crippen LogP contribution >= 0.6 is 22.6 Å². The number of para-hydroxylation sites is 1. The second kappa shape index (κ2) is 6.05. The molecule has 0 saturated carbocycles. The number of aryl methyl sites for hydroxylation is 1. The Morgan fingerprint density at radius 1 is 1.37 bits per heavy atom. The number of rotatable bonds is 5. The van der Waals surface area contributed by atoms with Crippen LogP contribution in [0.1, 0.15) is 18.9 Å². The highest BCUT2D eigenvalue weighted by molar-refractivity contribution is 14.1. The van der Waals surface area contributed by atoms with Crippen molar-refractivity contribution in [3.05, 3.63) is 33.5 Å². The number of hydrogen-bond acceptors (Lipinski definition) is 2. The molecule has 0 aliphatic carbocycles. The number of aromatic nitrogens is 1. The molecule has 0 aliphatic rings. The van der Waals surface area contributed by atoms with Crippen molar-refractivity contribution < 1.29 is 4.79 Å². The van der Waals surface area contributed by atoms with Crippen molar-refractivity contribution in [1.29, 1.82) is 0 Å². The topological polar surface area (TPSA) is 25.2 Å². The summed E-state index contributed by atoms with van der Waals surface area (Å²) < 4.78 is 3.50. The van der Waals surface area contributed by atoms with Crippen LogP contribution in [0.15, 0.2) is 24.3 Å². The van der Waals surface area contributed by atoms with Gasteiger partial charge in [0.2, 0.25) is 0 Å². The molecule has 0 fully saturated rings. The Bertz CT molecular complexity index is 603. The molecular formula is C15H19IN2O. The number of fused-ring (bicyclic) bond motifs is 1. The van der Waals surface area contributed by atoms with E-state index in [2.05, 4.69) is 70.4 Å². The average molecular weight is 370 g/mol. The van der Waals surface area contributed by atoms with Gasteiger partial charge in [0, 0.05) is 43.0 Å². The molecule has 0 atom stereocenters. The third kappa shape index (κ3) is 3.17.